The van der Waals surface area contributed by atoms with Crippen molar-refractivity contribution in [3.05, 3.63) is 29.8 Å². The lowest BCUT2D eigenvalue weighted by molar-refractivity contribution is -0.154. The van der Waals surface area contributed by atoms with E-state index in [2.05, 4.69) is 5.32 Å². The topological polar surface area (TPSA) is 111 Å². The van der Waals surface area contributed by atoms with Gasteiger partial charge in [-0.2, -0.15) is 0 Å². The summed E-state index contributed by atoms with van der Waals surface area (Å²) >= 11 is 0. The van der Waals surface area contributed by atoms with Gasteiger partial charge in [0, 0.05) is 6.92 Å². The van der Waals surface area contributed by atoms with Gasteiger partial charge < -0.3 is 24.6 Å². The summed E-state index contributed by atoms with van der Waals surface area (Å²) in [4.78, 5) is 35.0. The summed E-state index contributed by atoms with van der Waals surface area (Å²) in [7, 11) is 0. The highest BCUT2D eigenvalue weighted by Gasteiger charge is 2.31. The monoisotopic (exact) mass is 367 g/mol. The quantitative estimate of drug-likeness (QED) is 0.585. The molecule has 0 fully saturated rings. The summed E-state index contributed by atoms with van der Waals surface area (Å²) in [5.74, 6) is -1.06. The highest BCUT2D eigenvalue weighted by molar-refractivity contribution is 5.77. The van der Waals surface area contributed by atoms with E-state index in [1.54, 1.807) is 27.7 Å². The summed E-state index contributed by atoms with van der Waals surface area (Å²) < 4.78 is 14.9. The second kappa shape index (κ2) is 9.19. The van der Waals surface area contributed by atoms with Crippen molar-refractivity contribution < 1.29 is 33.7 Å². The molecule has 0 aliphatic rings. The normalized spacial score (nSPS) is 13.3. The first-order valence-corrected chi connectivity index (χ1v) is 8.16. The van der Waals surface area contributed by atoms with Crippen LogP contribution in [0.25, 0.3) is 0 Å². The van der Waals surface area contributed by atoms with E-state index < -0.39 is 35.8 Å². The van der Waals surface area contributed by atoms with Crippen LogP contribution in [0, 0.1) is 0 Å². The van der Waals surface area contributed by atoms with E-state index in [1.165, 1.54) is 31.2 Å². The lowest BCUT2D eigenvalue weighted by Gasteiger charge is -2.26. The number of ether oxygens (including phenoxy) is 3. The highest BCUT2D eigenvalue weighted by Crippen LogP contribution is 2.22. The molecule has 1 rings (SSSR count). The molecular weight excluding hydrogens is 342 g/mol. The first kappa shape index (κ1) is 21.4. The standard InChI is InChI=1S/C18H25NO7/c1-6-24-16(22)15(21)14(19-17(23)26-18(3,4)5)12-7-9-13(10-8-12)25-11(2)20/h7-10,14-15,21H,6H2,1-5H3,(H,19,23)/t14-,15-/m1/s1. The summed E-state index contributed by atoms with van der Waals surface area (Å²) in [6, 6.07) is 4.90. The fraction of sp³-hybridized carbons (Fsp3) is 0.500. The Kier molecular flexibility index (Phi) is 7.57. The third-order valence-electron chi connectivity index (χ3n) is 3.02. The number of carbonyl (C=O) groups is 3. The number of nitrogens with one attached hydrogen (secondary N) is 1. The average molecular weight is 367 g/mol. The van der Waals surface area contributed by atoms with Crippen LogP contribution in [-0.2, 0) is 19.1 Å². The van der Waals surface area contributed by atoms with E-state index in [9.17, 15) is 19.5 Å². The predicted octanol–water partition coefficient (Wildman–Crippen LogP) is 2.10. The zero-order chi connectivity index (χ0) is 19.9. The van der Waals surface area contributed by atoms with E-state index in [-0.39, 0.29) is 6.61 Å². The van der Waals surface area contributed by atoms with Gasteiger partial charge in [-0.15, -0.1) is 0 Å². The van der Waals surface area contributed by atoms with Gasteiger partial charge in [-0.25, -0.2) is 9.59 Å². The summed E-state index contributed by atoms with van der Waals surface area (Å²) in [5, 5.41) is 12.8. The van der Waals surface area contributed by atoms with E-state index >= 15 is 0 Å². The summed E-state index contributed by atoms with van der Waals surface area (Å²) in [5.41, 5.74) is -0.338. The lowest BCUT2D eigenvalue weighted by Crippen LogP contribution is -2.43. The Bertz CT molecular complexity index is 634. The molecule has 26 heavy (non-hydrogen) atoms. The molecule has 8 nitrogen and oxygen atoms in total. The molecule has 0 aliphatic heterocycles. The van der Waals surface area contributed by atoms with E-state index in [0.29, 0.717) is 11.3 Å². The molecule has 0 saturated carbocycles. The number of alkyl carbamates (subject to hydrolysis) is 1. The Balaban J connectivity index is 3.04. The Morgan fingerprint density at radius 2 is 1.73 bits per heavy atom. The molecule has 0 aromatic heterocycles. The molecule has 1 aromatic carbocycles. The zero-order valence-electron chi connectivity index (χ0n) is 15.6. The number of aliphatic hydroxyl groups excluding tert-OH is 1. The fourth-order valence-electron chi connectivity index (χ4n) is 2.05. The molecule has 8 heteroatoms. The Morgan fingerprint density at radius 3 is 2.19 bits per heavy atom. The van der Waals surface area contributed by atoms with Crippen LogP contribution in [0.2, 0.25) is 0 Å². The molecule has 0 radical (unpaired) electrons. The molecule has 1 amide bonds. The van der Waals surface area contributed by atoms with Gasteiger partial charge in [0.25, 0.3) is 0 Å². The van der Waals surface area contributed by atoms with Gasteiger partial charge in [-0.05, 0) is 45.4 Å². The number of benzene rings is 1. The lowest BCUT2D eigenvalue weighted by atomic mass is 10.0. The fourth-order valence-corrected chi connectivity index (χ4v) is 2.05. The van der Waals surface area contributed by atoms with Crippen molar-refractivity contribution in [1.82, 2.24) is 5.32 Å². The predicted molar refractivity (Wildman–Crippen MR) is 92.5 cm³/mol. The molecule has 0 saturated heterocycles. The van der Waals surface area contributed by atoms with E-state index in [1.807, 2.05) is 0 Å². The highest BCUT2D eigenvalue weighted by atomic mass is 16.6. The molecular formula is C18H25NO7. The number of rotatable bonds is 6. The first-order chi connectivity index (χ1) is 12.0. The van der Waals surface area contributed by atoms with Crippen molar-refractivity contribution in [2.24, 2.45) is 0 Å². The van der Waals surface area contributed by atoms with Crippen molar-refractivity contribution in [1.29, 1.82) is 0 Å². The maximum atomic E-state index is 12.1. The number of aliphatic hydroxyl groups is 1. The summed E-state index contributed by atoms with van der Waals surface area (Å²) in [6.07, 6.45) is -2.43. The molecule has 0 bridgehead atoms. The van der Waals surface area contributed by atoms with Crippen LogP contribution in [0.15, 0.2) is 24.3 Å². The SMILES string of the molecule is CCOC(=O)[C@H](O)[C@H](NC(=O)OC(C)(C)C)c1ccc(OC(C)=O)cc1. The Morgan fingerprint density at radius 1 is 1.15 bits per heavy atom. The van der Waals surface area contributed by atoms with Crippen LogP contribution < -0.4 is 10.1 Å². The third kappa shape index (κ3) is 7.10. The average Bonchev–Trinajstić information content (AvgIpc) is 2.51. The third-order valence-corrected chi connectivity index (χ3v) is 3.02. The molecule has 144 valence electrons. The largest absolute Gasteiger partial charge is 0.464 e. The molecule has 0 unspecified atom stereocenters. The van der Waals surface area contributed by atoms with Crippen molar-refractivity contribution in [3.8, 4) is 5.75 Å². The molecule has 0 heterocycles. The molecule has 0 aliphatic carbocycles. The maximum absolute atomic E-state index is 12.1. The van der Waals surface area contributed by atoms with Crippen LogP contribution in [0.4, 0.5) is 4.79 Å². The molecule has 2 N–H and O–H groups in total. The van der Waals surface area contributed by atoms with Crippen molar-refractivity contribution in [2.75, 3.05) is 6.61 Å². The van der Waals surface area contributed by atoms with Crippen molar-refractivity contribution in [3.63, 3.8) is 0 Å². The second-order valence-electron chi connectivity index (χ2n) is 6.48. The van der Waals surface area contributed by atoms with E-state index in [4.69, 9.17) is 14.2 Å². The Labute approximate surface area is 152 Å². The van der Waals surface area contributed by atoms with Gasteiger partial charge in [0.15, 0.2) is 6.10 Å². The van der Waals surface area contributed by atoms with Crippen LogP contribution in [-0.4, -0.2) is 41.5 Å². The van der Waals surface area contributed by atoms with Gasteiger partial charge in [0.1, 0.15) is 11.4 Å². The molecule has 2 atom stereocenters. The van der Waals surface area contributed by atoms with Gasteiger partial charge in [-0.3, -0.25) is 4.79 Å². The maximum Gasteiger partial charge on any atom is 0.408 e. The minimum Gasteiger partial charge on any atom is -0.464 e. The minimum absolute atomic E-state index is 0.0838. The number of carbonyl (C=O) groups excluding carboxylic acids is 3. The number of hydrogen-bond acceptors (Lipinski definition) is 7. The van der Waals surface area contributed by atoms with Crippen LogP contribution in [0.3, 0.4) is 0 Å². The number of esters is 2. The van der Waals surface area contributed by atoms with Crippen LogP contribution in [0.5, 0.6) is 5.75 Å². The van der Waals surface area contributed by atoms with Gasteiger partial charge >= 0.3 is 18.0 Å². The van der Waals surface area contributed by atoms with Crippen LogP contribution >= 0.6 is 0 Å². The van der Waals surface area contributed by atoms with E-state index in [0.717, 1.165) is 0 Å². The summed E-state index contributed by atoms with van der Waals surface area (Å²) in [6.45, 7) is 8.03. The van der Waals surface area contributed by atoms with Crippen LogP contribution in [0.1, 0.15) is 46.2 Å². The number of hydrogen-bond donors (Lipinski definition) is 2. The van der Waals surface area contributed by atoms with Gasteiger partial charge in [0.05, 0.1) is 12.6 Å². The van der Waals surface area contributed by atoms with Gasteiger partial charge in [0.2, 0.25) is 0 Å². The van der Waals surface area contributed by atoms with Gasteiger partial charge in [-0.1, -0.05) is 12.1 Å². The Hall–Kier alpha value is -2.61. The number of amides is 1. The van der Waals surface area contributed by atoms with Crippen molar-refractivity contribution >= 4 is 18.0 Å². The van der Waals surface area contributed by atoms with Crippen molar-refractivity contribution in [2.45, 2.75) is 52.4 Å². The minimum atomic E-state index is -1.64. The zero-order valence-corrected chi connectivity index (χ0v) is 15.6. The molecule has 0 spiro atoms. The smallest absolute Gasteiger partial charge is 0.408 e. The molecule has 1 aromatic rings. The first-order valence-electron chi connectivity index (χ1n) is 8.16. The second-order valence-corrected chi connectivity index (χ2v) is 6.48.